The molecule has 4 heteroatoms. The number of rotatable bonds is 3. The summed E-state index contributed by atoms with van der Waals surface area (Å²) in [5.41, 5.74) is 4.10. The fraction of sp³-hybridized carbons (Fsp3) is 0.318. The molecule has 2 fully saturated rings. The third-order valence-electron chi connectivity index (χ3n) is 5.80. The van der Waals surface area contributed by atoms with E-state index >= 15 is 0 Å². The second kappa shape index (κ2) is 6.17. The van der Waals surface area contributed by atoms with E-state index in [1.165, 1.54) is 24.0 Å². The number of nitrogens with one attached hydrogen (secondary N) is 2. The van der Waals surface area contributed by atoms with Gasteiger partial charge in [-0.15, -0.1) is 0 Å². The molecule has 0 unspecified atom stereocenters. The Bertz CT molecular complexity index is 869. The van der Waals surface area contributed by atoms with Gasteiger partial charge in [-0.25, -0.2) is 0 Å². The highest BCUT2D eigenvalue weighted by molar-refractivity contribution is 6.30. The predicted octanol–water partition coefficient (Wildman–Crippen LogP) is 5.20. The second-order valence-corrected chi connectivity index (χ2v) is 8.05. The molecule has 1 aliphatic heterocycles. The first kappa shape index (κ1) is 17.2. The highest BCUT2D eigenvalue weighted by atomic mass is 35.5. The molecule has 2 aromatic rings. The first-order valence-corrected chi connectivity index (χ1v) is 9.43. The van der Waals surface area contributed by atoms with Crippen LogP contribution in [-0.2, 0) is 5.54 Å². The molecule has 0 radical (unpaired) electrons. The quantitative estimate of drug-likeness (QED) is 0.784. The minimum atomic E-state index is -0.493. The third-order valence-corrected chi connectivity index (χ3v) is 6.03. The summed E-state index contributed by atoms with van der Waals surface area (Å²) in [6.07, 6.45) is 2.61. The first-order valence-electron chi connectivity index (χ1n) is 9.05. The molecule has 2 N–H and O–H groups in total. The van der Waals surface area contributed by atoms with Crippen LogP contribution < -0.4 is 5.32 Å². The molecule has 0 bridgehead atoms. The van der Waals surface area contributed by atoms with E-state index in [2.05, 4.69) is 49.2 Å². The molecule has 1 saturated carbocycles. The van der Waals surface area contributed by atoms with E-state index < -0.39 is 5.54 Å². The van der Waals surface area contributed by atoms with Crippen LogP contribution in [0.2, 0.25) is 5.02 Å². The van der Waals surface area contributed by atoms with E-state index in [0.29, 0.717) is 11.0 Å². The van der Waals surface area contributed by atoms with Gasteiger partial charge in [-0.1, -0.05) is 54.6 Å². The van der Waals surface area contributed by atoms with Gasteiger partial charge < -0.3 is 10.2 Å². The summed E-state index contributed by atoms with van der Waals surface area (Å²) >= 11 is 6.27. The van der Waals surface area contributed by atoms with Crippen LogP contribution in [-0.4, -0.2) is 17.9 Å². The average Bonchev–Trinajstić information content (AvgIpc) is 3.46. The zero-order chi connectivity index (χ0) is 18.5. The van der Waals surface area contributed by atoms with Gasteiger partial charge in [-0.3, -0.25) is 5.41 Å². The Morgan fingerprint density at radius 2 is 1.81 bits per heavy atom. The SMILES string of the molecule is C=C1[C@@H](c2ccc(C3CC3)cc2)[C@@](C)(c2cccc(Cl)c2)NC(=N)N1C. The Balaban J connectivity index is 1.80. The number of guanidine groups is 1. The van der Waals surface area contributed by atoms with Gasteiger partial charge in [-0.2, -0.15) is 0 Å². The van der Waals surface area contributed by atoms with Crippen molar-refractivity contribution in [3.8, 4) is 0 Å². The van der Waals surface area contributed by atoms with Crippen molar-refractivity contribution in [2.75, 3.05) is 7.05 Å². The molecule has 2 aliphatic rings. The van der Waals surface area contributed by atoms with Crippen molar-refractivity contribution in [1.29, 1.82) is 5.41 Å². The molecule has 2 atom stereocenters. The smallest absolute Gasteiger partial charge is 0.195 e. The van der Waals surface area contributed by atoms with Crippen LogP contribution in [0.15, 0.2) is 60.8 Å². The normalized spacial score (nSPS) is 26.0. The Kier molecular flexibility index (Phi) is 4.07. The maximum absolute atomic E-state index is 8.36. The van der Waals surface area contributed by atoms with Gasteiger partial charge in [0.25, 0.3) is 0 Å². The molecule has 1 aliphatic carbocycles. The molecule has 134 valence electrons. The van der Waals surface area contributed by atoms with Gasteiger partial charge in [0.15, 0.2) is 5.96 Å². The highest BCUT2D eigenvalue weighted by Gasteiger charge is 2.45. The molecular weight excluding hydrogens is 342 g/mol. The third kappa shape index (κ3) is 2.80. The van der Waals surface area contributed by atoms with Gasteiger partial charge in [0, 0.05) is 17.8 Å². The van der Waals surface area contributed by atoms with Gasteiger partial charge in [-0.05, 0) is 54.5 Å². The first-order chi connectivity index (χ1) is 12.4. The minimum Gasteiger partial charge on any atom is -0.346 e. The summed E-state index contributed by atoms with van der Waals surface area (Å²) in [7, 11) is 1.89. The van der Waals surface area contributed by atoms with Crippen LogP contribution in [0.5, 0.6) is 0 Å². The minimum absolute atomic E-state index is 0.00770. The van der Waals surface area contributed by atoms with Gasteiger partial charge in [0.05, 0.1) is 11.5 Å². The van der Waals surface area contributed by atoms with Crippen molar-refractivity contribution < 1.29 is 0 Å². The van der Waals surface area contributed by atoms with E-state index in [4.69, 9.17) is 17.0 Å². The molecule has 2 aromatic carbocycles. The molecule has 0 spiro atoms. The van der Waals surface area contributed by atoms with E-state index in [9.17, 15) is 0 Å². The average molecular weight is 366 g/mol. The molecule has 0 aromatic heterocycles. The standard InChI is InChI=1S/C22H24ClN3/c1-14-20(17-11-9-16(10-12-17)15-7-8-15)22(2,25-21(24)26(14)3)18-5-4-6-19(23)13-18/h4-6,9-13,15,20H,1,7-8H2,2-3H3,(H2,24,25)/t20-,22+/m0/s1. The van der Waals surface area contributed by atoms with E-state index in [1.807, 2.05) is 30.1 Å². The summed E-state index contributed by atoms with van der Waals surface area (Å²) < 4.78 is 0. The van der Waals surface area contributed by atoms with Crippen molar-refractivity contribution in [2.24, 2.45) is 0 Å². The van der Waals surface area contributed by atoms with Crippen LogP contribution >= 0.6 is 11.6 Å². The summed E-state index contributed by atoms with van der Waals surface area (Å²) in [4.78, 5) is 1.83. The molecule has 26 heavy (non-hydrogen) atoms. The number of hydrogen-bond acceptors (Lipinski definition) is 1. The molecule has 1 heterocycles. The summed E-state index contributed by atoms with van der Waals surface area (Å²) in [5, 5.41) is 12.5. The lowest BCUT2D eigenvalue weighted by atomic mass is 9.72. The molecule has 1 saturated heterocycles. The number of benzene rings is 2. The topological polar surface area (TPSA) is 39.1 Å². The van der Waals surface area contributed by atoms with Crippen LogP contribution in [0.1, 0.15) is 48.3 Å². The molecule has 0 amide bonds. The lowest BCUT2D eigenvalue weighted by molar-refractivity contribution is 0.292. The van der Waals surface area contributed by atoms with Crippen molar-refractivity contribution in [1.82, 2.24) is 10.2 Å². The van der Waals surface area contributed by atoms with Crippen LogP contribution in [0.25, 0.3) is 0 Å². The van der Waals surface area contributed by atoms with Crippen LogP contribution in [0.4, 0.5) is 0 Å². The number of hydrogen-bond donors (Lipinski definition) is 2. The highest BCUT2D eigenvalue weighted by Crippen LogP contribution is 2.46. The lowest BCUT2D eigenvalue weighted by Gasteiger charge is -2.48. The maximum Gasteiger partial charge on any atom is 0.195 e. The number of likely N-dealkylation sites (N-methyl/N-ethyl adjacent to an activating group) is 1. The molecule has 3 nitrogen and oxygen atoms in total. The Morgan fingerprint density at radius 1 is 1.15 bits per heavy atom. The maximum atomic E-state index is 8.36. The van der Waals surface area contributed by atoms with E-state index in [0.717, 1.165) is 17.2 Å². The monoisotopic (exact) mass is 365 g/mol. The summed E-state index contributed by atoms with van der Waals surface area (Å²) in [5.74, 6) is 1.10. The van der Waals surface area contributed by atoms with Crippen molar-refractivity contribution >= 4 is 17.6 Å². The van der Waals surface area contributed by atoms with Crippen molar-refractivity contribution in [3.63, 3.8) is 0 Å². The Morgan fingerprint density at radius 3 is 2.42 bits per heavy atom. The van der Waals surface area contributed by atoms with E-state index in [-0.39, 0.29) is 5.92 Å². The van der Waals surface area contributed by atoms with Gasteiger partial charge in [0.1, 0.15) is 0 Å². The molecular formula is C22H24ClN3. The number of halogens is 1. The van der Waals surface area contributed by atoms with Crippen LogP contribution in [0, 0.1) is 5.41 Å². The number of nitrogens with zero attached hydrogens (tertiary/aromatic N) is 1. The van der Waals surface area contributed by atoms with Crippen LogP contribution in [0.3, 0.4) is 0 Å². The van der Waals surface area contributed by atoms with Crippen molar-refractivity contribution in [2.45, 2.75) is 37.1 Å². The van der Waals surface area contributed by atoms with Gasteiger partial charge >= 0.3 is 0 Å². The van der Waals surface area contributed by atoms with Gasteiger partial charge in [0.2, 0.25) is 0 Å². The fourth-order valence-corrected chi connectivity index (χ4v) is 4.22. The summed E-state index contributed by atoms with van der Waals surface area (Å²) in [6.45, 7) is 6.46. The van der Waals surface area contributed by atoms with Crippen molar-refractivity contribution in [3.05, 3.63) is 82.5 Å². The zero-order valence-electron chi connectivity index (χ0n) is 15.2. The second-order valence-electron chi connectivity index (χ2n) is 7.61. The largest absolute Gasteiger partial charge is 0.346 e. The Labute approximate surface area is 160 Å². The predicted molar refractivity (Wildman–Crippen MR) is 108 cm³/mol. The van der Waals surface area contributed by atoms with E-state index in [1.54, 1.807) is 0 Å². The Hall–Kier alpha value is -2.26. The fourth-order valence-electron chi connectivity index (χ4n) is 4.03. The lowest BCUT2D eigenvalue weighted by Crippen LogP contribution is -2.58. The molecule has 4 rings (SSSR count). The summed E-state index contributed by atoms with van der Waals surface area (Å²) in [6, 6.07) is 16.8. The zero-order valence-corrected chi connectivity index (χ0v) is 16.0.